The summed E-state index contributed by atoms with van der Waals surface area (Å²) in [5.74, 6) is -0.0987. The zero-order valence-corrected chi connectivity index (χ0v) is 17.4. The van der Waals surface area contributed by atoms with Crippen molar-refractivity contribution in [3.63, 3.8) is 0 Å². The second-order valence-electron chi connectivity index (χ2n) is 6.62. The monoisotopic (exact) mass is 413 g/mol. The molecule has 0 aliphatic rings. The molecule has 160 valence electrons. The van der Waals surface area contributed by atoms with E-state index in [1.54, 1.807) is 31.2 Å². The summed E-state index contributed by atoms with van der Waals surface area (Å²) >= 11 is 0. The maximum Gasteiger partial charge on any atom is 0.513 e. The molecule has 2 amide bonds. The molecule has 2 rings (SSSR count). The van der Waals surface area contributed by atoms with Crippen molar-refractivity contribution in [1.29, 1.82) is 0 Å². The second kappa shape index (κ2) is 11.5. The van der Waals surface area contributed by atoms with Gasteiger partial charge in [0.15, 0.2) is 0 Å². The normalized spacial score (nSPS) is 10.1. The van der Waals surface area contributed by atoms with E-state index in [-0.39, 0.29) is 18.4 Å². The number of ether oxygens (including phenoxy) is 2. The molecule has 0 saturated carbocycles. The average molecular weight is 413 g/mol. The minimum Gasteiger partial charge on any atom is -0.434 e. The van der Waals surface area contributed by atoms with Gasteiger partial charge in [-0.3, -0.25) is 9.59 Å². The summed E-state index contributed by atoms with van der Waals surface area (Å²) in [4.78, 5) is 37.5. The van der Waals surface area contributed by atoms with E-state index in [0.717, 1.165) is 5.69 Å². The van der Waals surface area contributed by atoms with Crippen LogP contribution in [0.4, 0.5) is 10.5 Å². The van der Waals surface area contributed by atoms with Crippen LogP contribution in [0.2, 0.25) is 0 Å². The van der Waals surface area contributed by atoms with Crippen molar-refractivity contribution < 1.29 is 23.9 Å². The van der Waals surface area contributed by atoms with Crippen molar-refractivity contribution in [1.82, 2.24) is 10.6 Å². The topological polar surface area (TPSA) is 97.0 Å². The fraction of sp³-hybridized carbons (Fsp3) is 0.318. The summed E-state index contributed by atoms with van der Waals surface area (Å²) in [5, 5.41) is 5.62. The van der Waals surface area contributed by atoms with Gasteiger partial charge in [0.05, 0.1) is 6.61 Å². The summed E-state index contributed by atoms with van der Waals surface area (Å²) in [6, 6.07) is 13.5. The van der Waals surface area contributed by atoms with Crippen molar-refractivity contribution in [2.45, 2.75) is 13.3 Å². The number of amides is 2. The van der Waals surface area contributed by atoms with Crippen LogP contribution in [-0.2, 0) is 4.74 Å². The first-order chi connectivity index (χ1) is 14.4. The lowest BCUT2D eigenvalue weighted by Gasteiger charge is -2.12. The lowest BCUT2D eigenvalue weighted by atomic mass is 10.2. The van der Waals surface area contributed by atoms with Crippen molar-refractivity contribution >= 4 is 23.7 Å². The van der Waals surface area contributed by atoms with Crippen molar-refractivity contribution in [3.8, 4) is 5.75 Å². The van der Waals surface area contributed by atoms with Crippen LogP contribution in [0.5, 0.6) is 5.75 Å². The molecule has 0 heterocycles. The zero-order valence-electron chi connectivity index (χ0n) is 17.4. The average Bonchev–Trinajstić information content (AvgIpc) is 2.74. The minimum atomic E-state index is -0.787. The molecule has 2 aromatic rings. The highest BCUT2D eigenvalue weighted by atomic mass is 16.7. The lowest BCUT2D eigenvalue weighted by molar-refractivity contribution is 0.0951. The number of nitrogens with one attached hydrogen (secondary N) is 2. The largest absolute Gasteiger partial charge is 0.513 e. The minimum absolute atomic E-state index is 0.149. The quantitative estimate of drug-likeness (QED) is 0.373. The maximum atomic E-state index is 12.2. The van der Waals surface area contributed by atoms with E-state index >= 15 is 0 Å². The van der Waals surface area contributed by atoms with E-state index in [4.69, 9.17) is 4.74 Å². The molecule has 0 unspecified atom stereocenters. The summed E-state index contributed by atoms with van der Waals surface area (Å²) in [6.07, 6.45) is -0.192. The van der Waals surface area contributed by atoms with Crippen LogP contribution in [0.3, 0.4) is 0 Å². The highest BCUT2D eigenvalue weighted by Gasteiger charge is 2.09. The Morgan fingerprint density at radius 3 is 1.80 bits per heavy atom. The van der Waals surface area contributed by atoms with Gasteiger partial charge in [-0.25, -0.2) is 4.79 Å². The molecule has 0 aromatic heterocycles. The summed E-state index contributed by atoms with van der Waals surface area (Å²) in [7, 11) is 3.88. The third kappa shape index (κ3) is 7.12. The van der Waals surface area contributed by atoms with Crippen LogP contribution in [0.25, 0.3) is 0 Å². The third-order valence-corrected chi connectivity index (χ3v) is 4.15. The molecule has 0 aliphatic heterocycles. The van der Waals surface area contributed by atoms with Gasteiger partial charge in [-0.05, 0) is 61.9 Å². The number of hydrogen-bond acceptors (Lipinski definition) is 6. The fourth-order valence-corrected chi connectivity index (χ4v) is 2.53. The van der Waals surface area contributed by atoms with Crippen LogP contribution in [0.1, 0.15) is 34.1 Å². The number of anilines is 1. The predicted molar refractivity (Wildman–Crippen MR) is 114 cm³/mol. The summed E-state index contributed by atoms with van der Waals surface area (Å²) in [5.41, 5.74) is 2.06. The molecule has 30 heavy (non-hydrogen) atoms. The summed E-state index contributed by atoms with van der Waals surface area (Å²) < 4.78 is 9.63. The Balaban J connectivity index is 1.69. The molecule has 0 aliphatic carbocycles. The summed E-state index contributed by atoms with van der Waals surface area (Å²) in [6.45, 7) is 2.77. The van der Waals surface area contributed by atoms with Crippen molar-refractivity contribution in [3.05, 3.63) is 59.7 Å². The van der Waals surface area contributed by atoms with Gasteiger partial charge in [0.25, 0.3) is 11.8 Å². The molecule has 0 bridgehead atoms. The standard InChI is InChI=1S/C22H27N3O5/c1-4-29-22(28)30-19-12-8-17(9-13-19)21(27)24-15-5-14-23-20(26)16-6-10-18(11-7-16)25(2)3/h6-13H,4-5,14-15H2,1-3H3,(H,23,26)(H,24,27). The predicted octanol–water partition coefficient (Wildman–Crippen LogP) is 2.84. The molecule has 8 nitrogen and oxygen atoms in total. The van der Waals surface area contributed by atoms with E-state index in [2.05, 4.69) is 15.4 Å². The Morgan fingerprint density at radius 2 is 1.33 bits per heavy atom. The van der Waals surface area contributed by atoms with Crippen molar-refractivity contribution in [2.75, 3.05) is 38.7 Å². The molecule has 0 radical (unpaired) electrons. The molecule has 0 spiro atoms. The van der Waals surface area contributed by atoms with Crippen LogP contribution in [-0.4, -0.2) is 51.8 Å². The Labute approximate surface area is 176 Å². The van der Waals surface area contributed by atoms with Gasteiger partial charge < -0.3 is 25.0 Å². The zero-order chi connectivity index (χ0) is 21.9. The van der Waals surface area contributed by atoms with E-state index < -0.39 is 6.16 Å². The number of hydrogen-bond donors (Lipinski definition) is 2. The molecule has 0 fully saturated rings. The van der Waals surface area contributed by atoms with Crippen LogP contribution in [0.15, 0.2) is 48.5 Å². The Morgan fingerprint density at radius 1 is 0.833 bits per heavy atom. The maximum absolute atomic E-state index is 12.2. The van der Waals surface area contributed by atoms with Gasteiger partial charge in [-0.2, -0.15) is 0 Å². The van der Waals surface area contributed by atoms with E-state index in [0.29, 0.717) is 36.4 Å². The van der Waals surface area contributed by atoms with Crippen LogP contribution in [0, 0.1) is 0 Å². The highest BCUT2D eigenvalue weighted by Crippen LogP contribution is 2.13. The molecule has 0 saturated heterocycles. The fourth-order valence-electron chi connectivity index (χ4n) is 2.53. The third-order valence-electron chi connectivity index (χ3n) is 4.15. The molecule has 8 heteroatoms. The molecule has 0 atom stereocenters. The Kier molecular flexibility index (Phi) is 8.68. The molecular weight excluding hydrogens is 386 g/mol. The molecular formula is C22H27N3O5. The first-order valence-electron chi connectivity index (χ1n) is 9.69. The van der Waals surface area contributed by atoms with Gasteiger partial charge in [-0.15, -0.1) is 0 Å². The van der Waals surface area contributed by atoms with E-state index in [1.165, 1.54) is 12.1 Å². The Bertz CT molecular complexity index is 848. The van der Waals surface area contributed by atoms with Crippen LogP contribution < -0.4 is 20.3 Å². The smallest absolute Gasteiger partial charge is 0.434 e. The SMILES string of the molecule is CCOC(=O)Oc1ccc(C(=O)NCCCNC(=O)c2ccc(N(C)C)cc2)cc1. The number of rotatable bonds is 9. The van der Waals surface area contributed by atoms with Gasteiger partial charge in [0.2, 0.25) is 0 Å². The molecule has 2 aromatic carbocycles. The van der Waals surface area contributed by atoms with Crippen molar-refractivity contribution in [2.24, 2.45) is 0 Å². The first-order valence-corrected chi connectivity index (χ1v) is 9.69. The first kappa shape index (κ1) is 22.7. The number of nitrogens with zero attached hydrogens (tertiary/aromatic N) is 1. The second-order valence-corrected chi connectivity index (χ2v) is 6.62. The van der Waals surface area contributed by atoms with Gasteiger partial charge >= 0.3 is 6.16 Å². The van der Waals surface area contributed by atoms with Gasteiger partial charge in [0.1, 0.15) is 5.75 Å². The molecule has 2 N–H and O–H groups in total. The van der Waals surface area contributed by atoms with E-state index in [1.807, 2.05) is 31.1 Å². The number of carbonyl (C=O) groups excluding carboxylic acids is 3. The number of benzene rings is 2. The van der Waals surface area contributed by atoms with Gasteiger partial charge in [0, 0.05) is 44.0 Å². The highest BCUT2D eigenvalue weighted by molar-refractivity contribution is 5.95. The van der Waals surface area contributed by atoms with E-state index in [9.17, 15) is 14.4 Å². The number of carbonyl (C=O) groups is 3. The van der Waals surface area contributed by atoms with Gasteiger partial charge in [-0.1, -0.05) is 0 Å². The lowest BCUT2D eigenvalue weighted by Crippen LogP contribution is -2.29. The van der Waals surface area contributed by atoms with Crippen LogP contribution >= 0.6 is 0 Å². The Hall–Kier alpha value is -3.55.